The molecule has 1 aromatic heterocycles. The predicted molar refractivity (Wildman–Crippen MR) is 55.8 cm³/mol. The predicted octanol–water partition coefficient (Wildman–Crippen LogP) is 1.38. The van der Waals surface area contributed by atoms with E-state index in [1.165, 1.54) is 5.82 Å². The molecule has 0 atom stereocenters. The molecule has 0 N–H and O–H groups in total. The van der Waals surface area contributed by atoms with E-state index in [0.717, 1.165) is 19.6 Å². The van der Waals surface area contributed by atoms with Crippen molar-refractivity contribution in [2.75, 3.05) is 6.61 Å². The van der Waals surface area contributed by atoms with Crippen LogP contribution in [0.3, 0.4) is 0 Å². The number of rotatable bonds is 6. The minimum absolute atomic E-state index is 0.605. The van der Waals surface area contributed by atoms with E-state index in [4.69, 9.17) is 10.00 Å². The van der Waals surface area contributed by atoms with Gasteiger partial charge in [-0.2, -0.15) is 5.26 Å². The molecule has 15 heavy (non-hydrogen) atoms. The van der Waals surface area contributed by atoms with Crippen molar-refractivity contribution in [2.45, 2.75) is 40.0 Å². The van der Waals surface area contributed by atoms with Crippen LogP contribution in [0.5, 0.6) is 0 Å². The molecule has 1 heterocycles. The third-order valence-corrected chi connectivity index (χ3v) is 2.38. The fourth-order valence-corrected chi connectivity index (χ4v) is 1.43. The second kappa shape index (κ2) is 6.20. The third kappa shape index (κ3) is 3.37. The number of aryl methyl sites for hydroxylation is 1. The molecule has 1 aromatic rings. The first kappa shape index (κ1) is 11.7. The highest BCUT2D eigenvalue weighted by molar-refractivity contribution is 4.80. The number of nitriles is 1. The minimum Gasteiger partial charge on any atom is -0.342 e. The lowest BCUT2D eigenvalue weighted by molar-refractivity contribution is -0.737. The van der Waals surface area contributed by atoms with Gasteiger partial charge in [-0.05, 0) is 13.3 Å². The van der Waals surface area contributed by atoms with Crippen LogP contribution < -0.4 is 4.57 Å². The van der Waals surface area contributed by atoms with Gasteiger partial charge < -0.3 is 4.74 Å². The van der Waals surface area contributed by atoms with Crippen LogP contribution in [0, 0.1) is 18.3 Å². The third-order valence-electron chi connectivity index (χ3n) is 2.38. The smallest absolute Gasteiger partial charge is 0.255 e. The van der Waals surface area contributed by atoms with E-state index in [1.807, 2.05) is 19.3 Å². The van der Waals surface area contributed by atoms with Crippen molar-refractivity contribution in [3.05, 3.63) is 18.2 Å². The first-order chi connectivity index (χ1) is 7.29. The number of hydrogen-bond acceptors (Lipinski definition) is 2. The number of hydrogen-bond donors (Lipinski definition) is 0. The molecule has 0 spiro atoms. The Morgan fingerprint density at radius 2 is 2.40 bits per heavy atom. The van der Waals surface area contributed by atoms with Gasteiger partial charge in [-0.3, -0.25) is 0 Å². The Kier molecular flexibility index (Phi) is 4.85. The standard InChI is InChI=1S/C11H18N3O/c1-3-15-10-14-9-8-13(11(14)2)7-5-4-6-12/h8-9H,3-5,7,10H2,1-2H3/q+1. The Labute approximate surface area is 90.7 Å². The summed E-state index contributed by atoms with van der Waals surface area (Å²) in [6.07, 6.45) is 5.56. The summed E-state index contributed by atoms with van der Waals surface area (Å²) in [6, 6.07) is 2.15. The Morgan fingerprint density at radius 3 is 3.07 bits per heavy atom. The lowest BCUT2D eigenvalue weighted by Crippen LogP contribution is -2.36. The Hall–Kier alpha value is -1.34. The molecule has 0 radical (unpaired) electrons. The van der Waals surface area contributed by atoms with Crippen molar-refractivity contribution in [2.24, 2.45) is 0 Å². The molecule has 0 saturated heterocycles. The van der Waals surface area contributed by atoms with Gasteiger partial charge in [0.05, 0.1) is 12.6 Å². The quantitative estimate of drug-likeness (QED) is 0.523. The van der Waals surface area contributed by atoms with Gasteiger partial charge in [0, 0.05) is 20.0 Å². The number of nitrogens with zero attached hydrogens (tertiary/aromatic N) is 3. The number of aromatic nitrogens is 2. The van der Waals surface area contributed by atoms with Crippen LogP contribution in [-0.2, 0) is 18.0 Å². The highest BCUT2D eigenvalue weighted by atomic mass is 16.5. The summed E-state index contributed by atoms with van der Waals surface area (Å²) in [4.78, 5) is 0. The van der Waals surface area contributed by atoms with Gasteiger partial charge >= 0.3 is 0 Å². The highest BCUT2D eigenvalue weighted by Gasteiger charge is 2.10. The van der Waals surface area contributed by atoms with Crippen molar-refractivity contribution in [3.63, 3.8) is 0 Å². The molecule has 0 aliphatic heterocycles. The first-order valence-corrected chi connectivity index (χ1v) is 5.29. The minimum atomic E-state index is 0.605. The first-order valence-electron chi connectivity index (χ1n) is 5.29. The summed E-state index contributed by atoms with van der Waals surface area (Å²) >= 11 is 0. The number of ether oxygens (including phenoxy) is 1. The maximum Gasteiger partial charge on any atom is 0.255 e. The maximum atomic E-state index is 8.45. The molecule has 0 aliphatic carbocycles. The Bertz CT molecular complexity index is 338. The van der Waals surface area contributed by atoms with Crippen LogP contribution in [0.1, 0.15) is 25.6 Å². The normalized spacial score (nSPS) is 10.2. The largest absolute Gasteiger partial charge is 0.342 e. The molecule has 0 bridgehead atoms. The Morgan fingerprint density at radius 1 is 1.60 bits per heavy atom. The van der Waals surface area contributed by atoms with Gasteiger partial charge in [0.2, 0.25) is 0 Å². The molecule has 0 aliphatic rings. The average Bonchev–Trinajstić information content (AvgIpc) is 2.58. The molecular weight excluding hydrogens is 190 g/mol. The lowest BCUT2D eigenvalue weighted by atomic mass is 10.3. The van der Waals surface area contributed by atoms with Gasteiger partial charge in [0.1, 0.15) is 12.4 Å². The van der Waals surface area contributed by atoms with E-state index >= 15 is 0 Å². The van der Waals surface area contributed by atoms with Gasteiger partial charge in [0.15, 0.2) is 6.73 Å². The highest BCUT2D eigenvalue weighted by Crippen LogP contribution is 1.98. The maximum absolute atomic E-state index is 8.45. The molecule has 4 heteroatoms. The number of imidazole rings is 1. The lowest BCUT2D eigenvalue weighted by Gasteiger charge is -2.00. The number of unbranched alkanes of at least 4 members (excludes halogenated alkanes) is 1. The van der Waals surface area contributed by atoms with Gasteiger partial charge in [-0.15, -0.1) is 0 Å². The fraction of sp³-hybridized carbons (Fsp3) is 0.636. The SMILES string of the molecule is CCOC[n+]1ccn(CCCC#N)c1C. The molecule has 0 unspecified atom stereocenters. The van der Waals surface area contributed by atoms with Crippen LogP contribution in [0.2, 0.25) is 0 Å². The van der Waals surface area contributed by atoms with Crippen molar-refractivity contribution < 1.29 is 9.30 Å². The topological polar surface area (TPSA) is 41.8 Å². The van der Waals surface area contributed by atoms with Gasteiger partial charge in [-0.25, -0.2) is 9.13 Å². The summed E-state index contributed by atoms with van der Waals surface area (Å²) < 4.78 is 9.55. The van der Waals surface area contributed by atoms with Crippen LogP contribution in [0.4, 0.5) is 0 Å². The molecule has 0 aromatic carbocycles. The summed E-state index contributed by atoms with van der Waals surface area (Å²) in [7, 11) is 0. The van der Waals surface area contributed by atoms with E-state index in [-0.39, 0.29) is 0 Å². The molecule has 0 fully saturated rings. The second-order valence-electron chi connectivity index (χ2n) is 3.39. The van der Waals surface area contributed by atoms with E-state index in [0.29, 0.717) is 13.2 Å². The summed E-state index contributed by atoms with van der Waals surface area (Å²) in [5.74, 6) is 1.17. The zero-order chi connectivity index (χ0) is 11.1. The fourth-order valence-electron chi connectivity index (χ4n) is 1.43. The van der Waals surface area contributed by atoms with Crippen molar-refractivity contribution in [1.82, 2.24) is 4.57 Å². The summed E-state index contributed by atoms with van der Waals surface area (Å²) in [5, 5.41) is 8.45. The van der Waals surface area contributed by atoms with E-state index < -0.39 is 0 Å². The molecule has 82 valence electrons. The van der Waals surface area contributed by atoms with Gasteiger partial charge in [0.25, 0.3) is 5.82 Å². The van der Waals surface area contributed by atoms with Crippen molar-refractivity contribution in [3.8, 4) is 6.07 Å². The van der Waals surface area contributed by atoms with Crippen LogP contribution in [0.15, 0.2) is 12.4 Å². The molecule has 0 amide bonds. The average molecular weight is 208 g/mol. The van der Waals surface area contributed by atoms with E-state index in [9.17, 15) is 0 Å². The van der Waals surface area contributed by atoms with E-state index in [2.05, 4.69) is 22.1 Å². The van der Waals surface area contributed by atoms with Crippen molar-refractivity contribution in [1.29, 1.82) is 5.26 Å². The molecule has 0 saturated carbocycles. The zero-order valence-electron chi connectivity index (χ0n) is 9.44. The van der Waals surface area contributed by atoms with Gasteiger partial charge in [-0.1, -0.05) is 0 Å². The molecular formula is C11H18N3O+. The second-order valence-corrected chi connectivity index (χ2v) is 3.39. The summed E-state index contributed by atoms with van der Waals surface area (Å²) in [6.45, 7) is 6.28. The summed E-state index contributed by atoms with van der Waals surface area (Å²) in [5.41, 5.74) is 0. The van der Waals surface area contributed by atoms with Crippen molar-refractivity contribution >= 4 is 0 Å². The Balaban J connectivity index is 2.51. The van der Waals surface area contributed by atoms with E-state index in [1.54, 1.807) is 0 Å². The van der Waals surface area contributed by atoms with Crippen LogP contribution in [0.25, 0.3) is 0 Å². The van der Waals surface area contributed by atoms with Crippen LogP contribution in [-0.4, -0.2) is 11.2 Å². The molecule has 1 rings (SSSR count). The zero-order valence-corrected chi connectivity index (χ0v) is 9.44. The molecule has 4 nitrogen and oxygen atoms in total. The van der Waals surface area contributed by atoms with Crippen LogP contribution >= 0.6 is 0 Å². The monoisotopic (exact) mass is 208 g/mol.